The molecule has 0 aliphatic rings. The van der Waals surface area contributed by atoms with Crippen molar-refractivity contribution in [2.24, 2.45) is 0 Å². The van der Waals surface area contributed by atoms with E-state index in [1.54, 1.807) is 6.07 Å². The summed E-state index contributed by atoms with van der Waals surface area (Å²) >= 11 is 0. The van der Waals surface area contributed by atoms with E-state index in [4.69, 9.17) is 0 Å². The van der Waals surface area contributed by atoms with E-state index in [1.165, 1.54) is 17.2 Å². The number of hydrogen-bond donors (Lipinski definition) is 0. The molecule has 6 heteroatoms. The molecular formula is C46H38F3N3. The van der Waals surface area contributed by atoms with Crippen LogP contribution >= 0.6 is 0 Å². The van der Waals surface area contributed by atoms with Crippen molar-refractivity contribution in [2.75, 3.05) is 0 Å². The average Bonchev–Trinajstić information content (AvgIpc) is 3.62. The molecule has 2 aromatic heterocycles. The second-order valence-corrected chi connectivity index (χ2v) is 15.7. The second kappa shape index (κ2) is 11.6. The van der Waals surface area contributed by atoms with Crippen LogP contribution in [0.3, 0.4) is 0 Å². The maximum atomic E-state index is 14.0. The monoisotopic (exact) mass is 689 g/mol. The van der Waals surface area contributed by atoms with Gasteiger partial charge in [0.15, 0.2) is 0 Å². The molecule has 0 spiro atoms. The molecule has 0 saturated heterocycles. The van der Waals surface area contributed by atoms with Crippen LogP contribution in [-0.2, 0) is 17.0 Å². The number of aromatic nitrogens is 2. The van der Waals surface area contributed by atoms with E-state index in [0.29, 0.717) is 11.1 Å². The summed E-state index contributed by atoms with van der Waals surface area (Å²) in [6.45, 7) is 13.2. The van der Waals surface area contributed by atoms with Gasteiger partial charge >= 0.3 is 6.18 Å². The molecule has 8 rings (SSSR count). The van der Waals surface area contributed by atoms with Gasteiger partial charge in [0.2, 0.25) is 0 Å². The number of hydrogen-bond acceptors (Lipinski definition) is 1. The minimum absolute atomic E-state index is 0.0714. The molecule has 0 aliphatic heterocycles. The largest absolute Gasteiger partial charge is 0.416 e. The number of benzene rings is 6. The molecule has 2 heterocycles. The van der Waals surface area contributed by atoms with Crippen LogP contribution in [0.1, 0.15) is 63.8 Å². The predicted molar refractivity (Wildman–Crippen MR) is 208 cm³/mol. The molecule has 0 unspecified atom stereocenters. The fourth-order valence-corrected chi connectivity index (χ4v) is 7.53. The maximum Gasteiger partial charge on any atom is 0.416 e. The molecular weight excluding hydrogens is 652 g/mol. The number of rotatable bonds is 3. The maximum absolute atomic E-state index is 14.0. The quantitative estimate of drug-likeness (QED) is 0.182. The van der Waals surface area contributed by atoms with Crippen LogP contribution in [0.2, 0.25) is 0 Å². The summed E-state index contributed by atoms with van der Waals surface area (Å²) in [5, 5.41) is 15.0. The van der Waals surface area contributed by atoms with Gasteiger partial charge in [-0.2, -0.15) is 18.4 Å². The van der Waals surface area contributed by atoms with Crippen molar-refractivity contribution in [1.29, 1.82) is 5.26 Å². The third-order valence-corrected chi connectivity index (χ3v) is 10.3. The van der Waals surface area contributed by atoms with Crippen LogP contribution in [0.25, 0.3) is 66.1 Å². The van der Waals surface area contributed by atoms with Gasteiger partial charge in [-0.1, -0.05) is 102 Å². The van der Waals surface area contributed by atoms with Crippen LogP contribution in [0.5, 0.6) is 0 Å². The van der Waals surface area contributed by atoms with Crippen molar-refractivity contribution >= 4 is 43.6 Å². The summed E-state index contributed by atoms with van der Waals surface area (Å²) in [6.07, 6.45) is -4.53. The van der Waals surface area contributed by atoms with Gasteiger partial charge in [-0.3, -0.25) is 0 Å². The number of nitrogens with zero attached hydrogens (tertiary/aromatic N) is 3. The van der Waals surface area contributed by atoms with Crippen molar-refractivity contribution < 1.29 is 13.2 Å². The summed E-state index contributed by atoms with van der Waals surface area (Å²) in [5.41, 5.74) is 7.90. The number of halogens is 3. The van der Waals surface area contributed by atoms with Crippen molar-refractivity contribution in [1.82, 2.24) is 9.13 Å². The second-order valence-electron chi connectivity index (χ2n) is 15.7. The molecule has 6 aromatic carbocycles. The highest BCUT2D eigenvalue weighted by molar-refractivity contribution is 6.12. The highest BCUT2D eigenvalue weighted by atomic mass is 19.4. The zero-order chi connectivity index (χ0) is 36.7. The van der Waals surface area contributed by atoms with Gasteiger partial charge < -0.3 is 9.13 Å². The molecule has 3 nitrogen and oxygen atoms in total. The molecule has 0 fully saturated rings. The Balaban J connectivity index is 1.54. The van der Waals surface area contributed by atoms with E-state index >= 15 is 0 Å². The topological polar surface area (TPSA) is 33.6 Å². The number of fused-ring (bicyclic) bond motifs is 6. The highest BCUT2D eigenvalue weighted by Gasteiger charge is 2.31. The Hall–Kier alpha value is -5.80. The summed E-state index contributed by atoms with van der Waals surface area (Å²) < 4.78 is 46.4. The standard InChI is InChI=1S/C46H38F3N3/c1-44(2,3)30-18-20-40-36(24-30)33-14-7-9-16-38(33)51(40)42-23-29(27-50)35(28-12-11-13-32(22-28)46(47,48)49)26-43(42)52-39-17-10-8-15-34(39)37-25-31(45(4,5)6)19-21-41(37)52/h7-26H,1-6H3. The summed E-state index contributed by atoms with van der Waals surface area (Å²) in [7, 11) is 0. The smallest absolute Gasteiger partial charge is 0.307 e. The van der Waals surface area contributed by atoms with E-state index < -0.39 is 11.7 Å². The van der Waals surface area contributed by atoms with Gasteiger partial charge in [-0.05, 0) is 88.2 Å². The van der Waals surface area contributed by atoms with Crippen molar-refractivity contribution in [2.45, 2.75) is 58.5 Å². The third kappa shape index (κ3) is 5.35. The lowest BCUT2D eigenvalue weighted by molar-refractivity contribution is -0.137. The van der Waals surface area contributed by atoms with Crippen LogP contribution in [-0.4, -0.2) is 9.13 Å². The van der Waals surface area contributed by atoms with Crippen LogP contribution in [0.4, 0.5) is 13.2 Å². The minimum atomic E-state index is -4.53. The first-order valence-electron chi connectivity index (χ1n) is 17.5. The zero-order valence-corrected chi connectivity index (χ0v) is 30.0. The van der Waals surface area contributed by atoms with Gasteiger partial charge in [0, 0.05) is 27.1 Å². The fourth-order valence-electron chi connectivity index (χ4n) is 7.53. The summed E-state index contributed by atoms with van der Waals surface area (Å²) in [6, 6.07) is 40.9. The molecule has 8 aromatic rings. The van der Waals surface area contributed by atoms with E-state index in [1.807, 2.05) is 36.4 Å². The molecule has 0 saturated carbocycles. The Bertz CT molecular complexity index is 2760. The Morgan fingerprint density at radius 2 is 0.962 bits per heavy atom. The molecule has 0 bridgehead atoms. The van der Waals surface area contributed by atoms with Gasteiger partial charge in [0.1, 0.15) is 0 Å². The zero-order valence-electron chi connectivity index (χ0n) is 30.0. The van der Waals surface area contributed by atoms with E-state index in [0.717, 1.165) is 67.1 Å². The predicted octanol–water partition coefficient (Wildman–Crippen LogP) is 13.0. The SMILES string of the molecule is CC(C)(C)c1ccc2c(c1)c1ccccc1n2-c1cc(C#N)c(-c2cccc(C(F)(F)F)c2)cc1-n1c2ccccc2c2cc(C(C)(C)C)ccc21. The molecule has 0 N–H and O–H groups in total. The van der Waals surface area contributed by atoms with Crippen LogP contribution in [0.15, 0.2) is 121 Å². The van der Waals surface area contributed by atoms with E-state index in [-0.39, 0.29) is 16.4 Å². The Morgan fingerprint density at radius 3 is 1.44 bits per heavy atom. The Labute approximate surface area is 301 Å². The summed E-state index contributed by atoms with van der Waals surface area (Å²) in [4.78, 5) is 0. The first-order valence-corrected chi connectivity index (χ1v) is 17.5. The number of nitriles is 1. The number of alkyl halides is 3. The normalized spacial score (nSPS) is 12.7. The lowest BCUT2D eigenvalue weighted by Gasteiger charge is -2.21. The van der Waals surface area contributed by atoms with Gasteiger partial charge in [-0.15, -0.1) is 0 Å². The van der Waals surface area contributed by atoms with Crippen molar-refractivity contribution in [3.63, 3.8) is 0 Å². The molecule has 0 aliphatic carbocycles. The molecule has 0 atom stereocenters. The third-order valence-electron chi connectivity index (χ3n) is 10.3. The Morgan fingerprint density at radius 1 is 0.481 bits per heavy atom. The first kappa shape index (κ1) is 33.3. The average molecular weight is 690 g/mol. The van der Waals surface area contributed by atoms with Crippen LogP contribution in [0, 0.1) is 11.3 Å². The first-order chi connectivity index (χ1) is 24.6. The summed E-state index contributed by atoms with van der Waals surface area (Å²) in [5.74, 6) is 0. The molecule has 0 radical (unpaired) electrons. The van der Waals surface area contributed by atoms with Gasteiger partial charge in [-0.25, -0.2) is 0 Å². The Kier molecular flexibility index (Phi) is 7.45. The van der Waals surface area contributed by atoms with E-state index in [2.05, 4.69) is 117 Å². The highest BCUT2D eigenvalue weighted by Crippen LogP contribution is 2.43. The molecule has 258 valence electrons. The van der Waals surface area contributed by atoms with Crippen molar-refractivity contribution in [3.8, 4) is 28.6 Å². The van der Waals surface area contributed by atoms with Gasteiger partial charge in [0.25, 0.3) is 0 Å². The lowest BCUT2D eigenvalue weighted by Crippen LogP contribution is -2.11. The van der Waals surface area contributed by atoms with Crippen LogP contribution < -0.4 is 0 Å². The molecule has 52 heavy (non-hydrogen) atoms. The van der Waals surface area contributed by atoms with E-state index in [9.17, 15) is 18.4 Å². The van der Waals surface area contributed by atoms with Gasteiger partial charge in [0.05, 0.1) is 50.6 Å². The molecule has 0 amide bonds. The van der Waals surface area contributed by atoms with Crippen molar-refractivity contribution in [3.05, 3.63) is 144 Å². The fraction of sp³-hybridized carbons (Fsp3) is 0.196. The minimum Gasteiger partial charge on any atom is -0.307 e. The lowest BCUT2D eigenvalue weighted by atomic mass is 9.86. The number of para-hydroxylation sites is 2.